The molecule has 0 aliphatic carbocycles. The summed E-state index contributed by atoms with van der Waals surface area (Å²) in [6.07, 6.45) is 1.56. The number of benzene rings is 1. The van der Waals surface area contributed by atoms with Crippen LogP contribution in [-0.4, -0.2) is 56.6 Å². The van der Waals surface area contributed by atoms with Gasteiger partial charge in [0.25, 0.3) is 5.91 Å². The van der Waals surface area contributed by atoms with E-state index in [9.17, 15) is 9.90 Å². The Bertz CT molecular complexity index is 1250. The van der Waals surface area contributed by atoms with E-state index in [0.717, 1.165) is 24.6 Å². The molecule has 2 saturated heterocycles. The lowest BCUT2D eigenvalue weighted by atomic mass is 9.69. The molecule has 3 N–H and O–H groups in total. The molecule has 0 radical (unpaired) electrons. The first kappa shape index (κ1) is 22.5. The van der Waals surface area contributed by atoms with Gasteiger partial charge in [-0.1, -0.05) is 6.07 Å². The van der Waals surface area contributed by atoms with Crippen molar-refractivity contribution in [3.8, 4) is 22.9 Å². The topological polar surface area (TPSA) is 109 Å². The number of nitrogens with one attached hydrogen (secondary N) is 2. The summed E-state index contributed by atoms with van der Waals surface area (Å²) in [6, 6.07) is 9.95. The van der Waals surface area contributed by atoms with Crippen molar-refractivity contribution in [1.29, 1.82) is 0 Å². The fourth-order valence-electron chi connectivity index (χ4n) is 5.38. The number of halogens is 1. The van der Waals surface area contributed by atoms with E-state index in [0.29, 0.717) is 23.2 Å². The van der Waals surface area contributed by atoms with Crippen molar-refractivity contribution in [1.82, 2.24) is 25.8 Å². The molecule has 1 amide bonds. The second-order valence-corrected chi connectivity index (χ2v) is 9.81. The molecule has 4 heterocycles. The Labute approximate surface area is 196 Å². The van der Waals surface area contributed by atoms with E-state index in [4.69, 9.17) is 4.74 Å². The number of hydrogen-bond donors (Lipinski definition) is 3. The summed E-state index contributed by atoms with van der Waals surface area (Å²) in [5.41, 5.74) is 0.908. The lowest BCUT2D eigenvalue weighted by molar-refractivity contribution is -0.0626. The van der Waals surface area contributed by atoms with Crippen LogP contribution in [-0.2, 0) is 0 Å². The molecular formula is C25H28FN5O3. The van der Waals surface area contributed by atoms with Crippen molar-refractivity contribution in [2.45, 2.75) is 62.9 Å². The molecule has 2 aliphatic rings. The molecule has 3 aromatic rings. The van der Waals surface area contributed by atoms with E-state index >= 15 is 4.39 Å². The molecule has 2 bridgehead atoms. The minimum absolute atomic E-state index is 0.0344. The Morgan fingerprint density at radius 3 is 2.76 bits per heavy atom. The van der Waals surface area contributed by atoms with Crippen molar-refractivity contribution >= 4 is 16.8 Å². The Balaban J connectivity index is 1.38. The minimum atomic E-state index is -1.15. The summed E-state index contributed by atoms with van der Waals surface area (Å²) in [5, 5.41) is 25.7. The highest BCUT2D eigenvalue weighted by Crippen LogP contribution is 2.42. The van der Waals surface area contributed by atoms with Gasteiger partial charge in [0, 0.05) is 42.1 Å². The van der Waals surface area contributed by atoms with E-state index < -0.39 is 17.8 Å². The first-order valence-corrected chi connectivity index (χ1v) is 11.5. The van der Waals surface area contributed by atoms with Crippen molar-refractivity contribution < 1.29 is 19.0 Å². The summed E-state index contributed by atoms with van der Waals surface area (Å²) in [4.78, 5) is 16.1. The van der Waals surface area contributed by atoms with Gasteiger partial charge in [-0.25, -0.2) is 9.37 Å². The smallest absolute Gasteiger partial charge is 0.269 e. The average Bonchev–Trinajstić information content (AvgIpc) is 2.81. The fourth-order valence-corrected chi connectivity index (χ4v) is 5.38. The molecule has 34 heavy (non-hydrogen) atoms. The van der Waals surface area contributed by atoms with Crippen LogP contribution in [0.15, 0.2) is 36.4 Å². The van der Waals surface area contributed by atoms with Crippen LogP contribution in [0.4, 0.5) is 4.39 Å². The van der Waals surface area contributed by atoms with Gasteiger partial charge in [0.2, 0.25) is 5.88 Å². The predicted molar refractivity (Wildman–Crippen MR) is 126 cm³/mol. The SMILES string of the molecule is CNC(=O)c1ccc2cc(-c3ccc(O[C@@H]4C[C@@]5(C)CCC[C@](C)(N5)[C@@H]4F)nn3)c(O)cc2n1. The number of hydrogen-bond acceptors (Lipinski definition) is 7. The molecule has 0 spiro atoms. The molecular weight excluding hydrogens is 437 g/mol. The highest BCUT2D eigenvalue weighted by molar-refractivity contribution is 5.96. The minimum Gasteiger partial charge on any atom is -0.507 e. The Morgan fingerprint density at radius 1 is 1.21 bits per heavy atom. The monoisotopic (exact) mass is 465 g/mol. The van der Waals surface area contributed by atoms with Gasteiger partial charge in [0.15, 0.2) is 6.17 Å². The van der Waals surface area contributed by atoms with Gasteiger partial charge in [-0.05, 0) is 51.3 Å². The van der Waals surface area contributed by atoms with Gasteiger partial charge in [-0.3, -0.25) is 4.79 Å². The van der Waals surface area contributed by atoms with Crippen molar-refractivity contribution in [3.63, 3.8) is 0 Å². The summed E-state index contributed by atoms with van der Waals surface area (Å²) in [7, 11) is 1.53. The standard InChI is InChI=1S/C25H28FN5O3/c1-24-9-4-10-25(2,31-24)22(26)20(13-24)34-21-8-7-16(29-30-21)15-11-14-5-6-17(23(33)27-3)28-18(14)12-19(15)32/h5-8,11-12,20,22,31-32H,4,9-10,13H2,1-3H3,(H,27,33)/t20-,22-,24-,25+/m1/s1. The molecule has 9 heteroatoms. The van der Waals surface area contributed by atoms with Crippen molar-refractivity contribution in [3.05, 3.63) is 42.1 Å². The summed E-state index contributed by atoms with van der Waals surface area (Å²) in [6.45, 7) is 4.05. The van der Waals surface area contributed by atoms with Crippen LogP contribution in [0.5, 0.6) is 11.6 Å². The summed E-state index contributed by atoms with van der Waals surface area (Å²) < 4.78 is 21.3. The van der Waals surface area contributed by atoms with E-state index in [-0.39, 0.29) is 28.8 Å². The van der Waals surface area contributed by atoms with E-state index in [1.165, 1.54) is 13.1 Å². The van der Waals surface area contributed by atoms with Gasteiger partial charge in [0.05, 0.1) is 16.7 Å². The largest absolute Gasteiger partial charge is 0.507 e. The Hall–Kier alpha value is -3.33. The van der Waals surface area contributed by atoms with E-state index in [1.807, 2.05) is 6.92 Å². The van der Waals surface area contributed by atoms with Gasteiger partial charge in [-0.15, -0.1) is 10.2 Å². The maximum Gasteiger partial charge on any atom is 0.269 e. The van der Waals surface area contributed by atoms with Crippen LogP contribution in [0, 0.1) is 0 Å². The number of phenols is 1. The molecule has 1 aromatic carbocycles. The second-order valence-electron chi connectivity index (χ2n) is 9.81. The molecule has 2 aromatic heterocycles. The first-order chi connectivity index (χ1) is 16.2. The predicted octanol–water partition coefficient (Wildman–Crippen LogP) is 3.54. The number of carbonyl (C=O) groups excluding carboxylic acids is 1. The number of fused-ring (bicyclic) bond motifs is 3. The number of carbonyl (C=O) groups is 1. The number of nitrogens with zero attached hydrogens (tertiary/aromatic N) is 3. The third-order valence-corrected chi connectivity index (χ3v) is 7.05. The number of aromatic hydroxyl groups is 1. The molecule has 5 rings (SSSR count). The molecule has 8 nitrogen and oxygen atoms in total. The number of phenolic OH excluding ortho intramolecular Hbond substituents is 1. The Morgan fingerprint density at radius 2 is 2.03 bits per heavy atom. The number of ether oxygens (including phenoxy) is 1. The second kappa shape index (κ2) is 8.16. The van der Waals surface area contributed by atoms with Crippen LogP contribution in [0.25, 0.3) is 22.2 Å². The number of alkyl halides is 1. The number of pyridine rings is 1. The number of amides is 1. The molecule has 0 unspecified atom stereocenters. The van der Waals surface area contributed by atoms with Gasteiger partial charge in [-0.2, -0.15) is 0 Å². The molecule has 4 atom stereocenters. The van der Waals surface area contributed by atoms with Gasteiger partial charge < -0.3 is 20.5 Å². The van der Waals surface area contributed by atoms with Gasteiger partial charge in [0.1, 0.15) is 17.5 Å². The third-order valence-electron chi connectivity index (χ3n) is 7.05. The summed E-state index contributed by atoms with van der Waals surface area (Å²) in [5.74, 6) is -0.0866. The Kier molecular flexibility index (Phi) is 5.39. The summed E-state index contributed by atoms with van der Waals surface area (Å²) >= 11 is 0. The normalized spacial score (nSPS) is 28.5. The van der Waals surface area contributed by atoms with E-state index in [2.05, 4.69) is 32.7 Å². The third kappa shape index (κ3) is 3.94. The lowest BCUT2D eigenvalue weighted by Crippen LogP contribution is -2.71. The maximum absolute atomic E-state index is 15.3. The van der Waals surface area contributed by atoms with Crippen LogP contribution in [0.1, 0.15) is 50.0 Å². The fraction of sp³-hybridized carbons (Fsp3) is 0.440. The first-order valence-electron chi connectivity index (χ1n) is 11.5. The molecule has 2 fully saturated rings. The van der Waals surface area contributed by atoms with Crippen LogP contribution in [0.2, 0.25) is 0 Å². The van der Waals surface area contributed by atoms with Crippen LogP contribution >= 0.6 is 0 Å². The van der Waals surface area contributed by atoms with Crippen molar-refractivity contribution in [2.24, 2.45) is 0 Å². The average molecular weight is 466 g/mol. The lowest BCUT2D eigenvalue weighted by Gasteiger charge is -2.54. The van der Waals surface area contributed by atoms with E-state index in [1.54, 1.807) is 30.3 Å². The van der Waals surface area contributed by atoms with Crippen LogP contribution in [0.3, 0.4) is 0 Å². The van der Waals surface area contributed by atoms with Crippen molar-refractivity contribution in [2.75, 3.05) is 7.05 Å². The maximum atomic E-state index is 15.3. The van der Waals surface area contributed by atoms with Gasteiger partial charge >= 0.3 is 0 Å². The number of aromatic nitrogens is 3. The highest BCUT2D eigenvalue weighted by atomic mass is 19.1. The zero-order valence-electron chi connectivity index (χ0n) is 19.4. The molecule has 178 valence electrons. The quantitative estimate of drug-likeness (QED) is 0.541. The number of rotatable bonds is 4. The zero-order valence-corrected chi connectivity index (χ0v) is 19.4. The van der Waals surface area contributed by atoms with Crippen LogP contribution < -0.4 is 15.4 Å². The zero-order chi connectivity index (χ0) is 24.1. The highest BCUT2D eigenvalue weighted by Gasteiger charge is 2.53. The molecule has 0 saturated carbocycles. The molecule has 2 aliphatic heterocycles. The number of piperidine rings is 2.